The summed E-state index contributed by atoms with van der Waals surface area (Å²) in [6.07, 6.45) is 1.56. The van der Waals surface area contributed by atoms with Gasteiger partial charge in [0.25, 0.3) is 5.91 Å². The molecule has 0 saturated carbocycles. The number of carbonyl (C=O) groups excluding carboxylic acids is 3. The number of nitrogens with zero attached hydrogens (tertiary/aromatic N) is 4. The van der Waals surface area contributed by atoms with E-state index in [4.69, 9.17) is 16.3 Å². The SMILES string of the molecule is CC(=O)N1CCC(OC(=O)N(CCCN2CC3CN(C(=O)C4=C(C)SC(C)=I4)CC3C2)c2ccc(C)c(Cl)c2)CC1. The predicted octanol–water partition coefficient (Wildman–Crippen LogP) is 5.48. The molecule has 224 valence electrons. The zero-order chi connectivity index (χ0) is 29.3. The minimum absolute atomic E-state index is 0.0616. The fraction of sp³-hybridized carbons (Fsp3) is 0.600. The van der Waals surface area contributed by atoms with E-state index >= 15 is 0 Å². The van der Waals surface area contributed by atoms with E-state index in [1.807, 2.05) is 25.1 Å². The number of rotatable bonds is 7. The van der Waals surface area contributed by atoms with Gasteiger partial charge in [0.2, 0.25) is 5.91 Å². The lowest BCUT2D eigenvalue weighted by molar-refractivity contribution is -0.130. The minimum Gasteiger partial charge on any atom is -0.446 e. The van der Waals surface area contributed by atoms with Crippen LogP contribution in [-0.4, -0.2) is 93.9 Å². The van der Waals surface area contributed by atoms with Crippen molar-refractivity contribution in [3.05, 3.63) is 37.3 Å². The number of hydrogen-bond donors (Lipinski definition) is 0. The lowest BCUT2D eigenvalue weighted by atomic mass is 10.0. The number of anilines is 1. The molecule has 0 radical (unpaired) electrons. The molecule has 0 aromatic heterocycles. The highest BCUT2D eigenvalue weighted by Gasteiger charge is 2.42. The number of thioether (sulfide) groups is 1. The molecule has 0 bridgehead atoms. The number of halogens is 2. The summed E-state index contributed by atoms with van der Waals surface area (Å²) in [6, 6.07) is 5.69. The van der Waals surface area contributed by atoms with Gasteiger partial charge in [-0.25, -0.2) is 4.79 Å². The Bertz CT molecular complexity index is 1250. The van der Waals surface area contributed by atoms with Gasteiger partial charge in [-0.1, -0.05) is 50.2 Å². The molecule has 3 fully saturated rings. The van der Waals surface area contributed by atoms with Gasteiger partial charge in [-0.3, -0.25) is 14.5 Å². The Kier molecular flexibility index (Phi) is 10.0. The number of amides is 3. The molecule has 4 aliphatic rings. The first-order chi connectivity index (χ1) is 19.6. The number of piperidine rings is 1. The second kappa shape index (κ2) is 13.3. The Balaban J connectivity index is 1.14. The summed E-state index contributed by atoms with van der Waals surface area (Å²) in [6.45, 7) is 14.1. The summed E-state index contributed by atoms with van der Waals surface area (Å²) in [5, 5.41) is 0.624. The number of carbonyl (C=O) groups is 3. The number of allylic oxidation sites excluding steroid dienone is 1. The van der Waals surface area contributed by atoms with E-state index in [2.05, 4.69) is 23.6 Å². The monoisotopic (exact) mass is 714 g/mol. The molecular formula is C30H40ClIN4O4S. The summed E-state index contributed by atoms with van der Waals surface area (Å²) < 4.78 is 8.44. The fourth-order valence-electron chi connectivity index (χ4n) is 6.27. The average Bonchev–Trinajstić information content (AvgIpc) is 3.60. The number of benzene rings is 1. The van der Waals surface area contributed by atoms with Crippen LogP contribution in [0.5, 0.6) is 0 Å². The van der Waals surface area contributed by atoms with Crippen LogP contribution in [0.25, 0.3) is 0 Å². The van der Waals surface area contributed by atoms with E-state index < -0.39 is 0 Å². The summed E-state index contributed by atoms with van der Waals surface area (Å²) >= 11 is 7.95. The molecule has 0 spiro atoms. The lowest BCUT2D eigenvalue weighted by Gasteiger charge is -2.32. The molecule has 4 aliphatic heterocycles. The Labute approximate surface area is 262 Å². The molecule has 3 saturated heterocycles. The van der Waals surface area contributed by atoms with Crippen molar-refractivity contribution in [2.24, 2.45) is 11.8 Å². The third-order valence-corrected chi connectivity index (χ3v) is 13.9. The van der Waals surface area contributed by atoms with Crippen LogP contribution in [0.2, 0.25) is 5.02 Å². The lowest BCUT2D eigenvalue weighted by Crippen LogP contribution is -2.43. The molecule has 1 aromatic rings. The molecule has 1 aromatic carbocycles. The topological polar surface area (TPSA) is 73.4 Å². The maximum absolute atomic E-state index is 13.4. The first kappa shape index (κ1) is 30.8. The third kappa shape index (κ3) is 7.30. The van der Waals surface area contributed by atoms with Gasteiger partial charge in [-0.2, -0.15) is 0 Å². The molecule has 0 aliphatic carbocycles. The Morgan fingerprint density at radius 2 is 1.73 bits per heavy atom. The summed E-state index contributed by atoms with van der Waals surface area (Å²) in [4.78, 5) is 47.5. The highest BCUT2D eigenvalue weighted by Crippen LogP contribution is 2.41. The second-order valence-electron chi connectivity index (χ2n) is 11.6. The largest absolute Gasteiger partial charge is 0.446 e. The molecule has 5 rings (SSSR count). The smallest absolute Gasteiger partial charge is 0.414 e. The normalized spacial score (nSPS) is 23.4. The van der Waals surface area contributed by atoms with Crippen molar-refractivity contribution < 1.29 is 19.1 Å². The molecule has 11 heteroatoms. The van der Waals surface area contributed by atoms with E-state index in [1.54, 1.807) is 28.5 Å². The van der Waals surface area contributed by atoms with Gasteiger partial charge in [0, 0.05) is 84.0 Å². The van der Waals surface area contributed by atoms with E-state index in [0.717, 1.165) is 54.0 Å². The van der Waals surface area contributed by atoms with Gasteiger partial charge >= 0.3 is 6.09 Å². The molecule has 0 N–H and O–H groups in total. The average molecular weight is 715 g/mol. The van der Waals surface area contributed by atoms with Crippen LogP contribution in [0.4, 0.5) is 10.5 Å². The van der Waals surface area contributed by atoms with E-state index in [-0.39, 0.29) is 44.7 Å². The highest BCUT2D eigenvalue weighted by molar-refractivity contribution is 14.2. The fourth-order valence-corrected chi connectivity index (χ4v) is 11.2. The van der Waals surface area contributed by atoms with Crippen LogP contribution in [-0.2, 0) is 14.3 Å². The molecule has 8 nitrogen and oxygen atoms in total. The Morgan fingerprint density at radius 3 is 2.32 bits per heavy atom. The van der Waals surface area contributed by atoms with E-state index in [0.29, 0.717) is 49.3 Å². The van der Waals surface area contributed by atoms with Crippen molar-refractivity contribution in [3.63, 3.8) is 0 Å². The molecule has 2 unspecified atom stereocenters. The van der Waals surface area contributed by atoms with Crippen LogP contribution in [0.1, 0.15) is 45.6 Å². The maximum Gasteiger partial charge on any atom is 0.414 e. The summed E-state index contributed by atoms with van der Waals surface area (Å²) in [5.74, 6) is 1.38. The zero-order valence-electron chi connectivity index (χ0n) is 24.3. The van der Waals surface area contributed by atoms with Gasteiger partial charge in [0.15, 0.2) is 0 Å². The van der Waals surface area contributed by atoms with Gasteiger partial charge in [0.05, 0.1) is 3.58 Å². The number of ether oxygens (including phenoxy) is 1. The van der Waals surface area contributed by atoms with Crippen molar-refractivity contribution in [1.82, 2.24) is 14.7 Å². The predicted molar refractivity (Wildman–Crippen MR) is 175 cm³/mol. The van der Waals surface area contributed by atoms with Crippen LogP contribution in [0.15, 0.2) is 26.7 Å². The van der Waals surface area contributed by atoms with E-state index in [1.165, 1.54) is 7.75 Å². The number of fused-ring (bicyclic) bond motifs is 1. The molecule has 2 atom stereocenters. The van der Waals surface area contributed by atoms with Crippen molar-refractivity contribution >= 4 is 70.5 Å². The van der Waals surface area contributed by atoms with Gasteiger partial charge < -0.3 is 19.4 Å². The van der Waals surface area contributed by atoms with Gasteiger partial charge in [-0.15, -0.1) is 0 Å². The van der Waals surface area contributed by atoms with Crippen molar-refractivity contribution in [1.29, 1.82) is 0 Å². The Hall–Kier alpha value is -1.63. The minimum atomic E-state index is -0.358. The Morgan fingerprint density at radius 1 is 1.05 bits per heavy atom. The zero-order valence-corrected chi connectivity index (χ0v) is 28.1. The second-order valence-corrected chi connectivity index (χ2v) is 17.4. The van der Waals surface area contributed by atoms with Gasteiger partial charge in [-0.05, 0) is 63.3 Å². The quantitative estimate of drug-likeness (QED) is 0.349. The maximum atomic E-state index is 13.4. The van der Waals surface area contributed by atoms with Gasteiger partial charge in [0.1, 0.15) is 6.10 Å². The summed E-state index contributed by atoms with van der Waals surface area (Å²) in [7, 11) is 0. The molecule has 41 heavy (non-hydrogen) atoms. The number of aryl methyl sites for hydroxylation is 1. The molecule has 3 amide bonds. The molecular weight excluding hydrogens is 675 g/mol. The van der Waals surface area contributed by atoms with Crippen LogP contribution in [0.3, 0.4) is 0 Å². The van der Waals surface area contributed by atoms with Crippen molar-refractivity contribution in [3.8, 4) is 0 Å². The van der Waals surface area contributed by atoms with Crippen molar-refractivity contribution in [2.45, 2.75) is 53.1 Å². The summed E-state index contributed by atoms with van der Waals surface area (Å²) in [5.41, 5.74) is 1.70. The highest BCUT2D eigenvalue weighted by atomic mass is 127. The van der Waals surface area contributed by atoms with Crippen LogP contribution < -0.4 is 4.90 Å². The number of likely N-dealkylation sites (tertiary alicyclic amines) is 3. The first-order valence-corrected chi connectivity index (χ1v) is 17.8. The van der Waals surface area contributed by atoms with Crippen molar-refractivity contribution in [2.75, 3.05) is 57.3 Å². The van der Waals surface area contributed by atoms with Crippen LogP contribution in [0, 0.1) is 18.8 Å². The standard InChI is InChI=1S/C30H40ClIN4O4S/c1-19-6-7-25(14-27(19)31)36(30(39)40-26-8-12-34(13-9-26)22(4)37)11-5-10-33-15-23-17-35(18-24(23)16-33)29(38)28-20(2)41-21(3)32-28/h6-7,14,23-24,26H,5,8-13,15-18H2,1-4H3. The van der Waals surface area contributed by atoms with E-state index in [9.17, 15) is 14.4 Å². The number of hydrogen-bond acceptors (Lipinski definition) is 6. The molecule has 4 heterocycles. The van der Waals surface area contributed by atoms with Crippen LogP contribution >= 0.6 is 44.1 Å². The first-order valence-electron chi connectivity index (χ1n) is 14.5. The third-order valence-electron chi connectivity index (χ3n) is 8.57.